The van der Waals surface area contributed by atoms with Crippen molar-refractivity contribution >= 4 is 11.9 Å². The number of aromatic nitrogens is 2. The van der Waals surface area contributed by atoms with Gasteiger partial charge in [-0.05, 0) is 37.6 Å². The number of imide groups is 1. The second-order valence-electron chi connectivity index (χ2n) is 5.74. The lowest BCUT2D eigenvalue weighted by molar-refractivity contribution is -0.125. The van der Waals surface area contributed by atoms with Crippen molar-refractivity contribution in [2.24, 2.45) is 0 Å². The Balaban J connectivity index is 1.55. The molecule has 1 aliphatic rings. The lowest BCUT2D eigenvalue weighted by Gasteiger charge is -2.19. The predicted molar refractivity (Wildman–Crippen MR) is 89.7 cm³/mol. The first-order valence-electron chi connectivity index (χ1n) is 8.07. The molecule has 3 amide bonds. The summed E-state index contributed by atoms with van der Waals surface area (Å²) in [5, 5.41) is 10.3. The van der Waals surface area contributed by atoms with Crippen molar-refractivity contribution in [1.82, 2.24) is 25.3 Å². The van der Waals surface area contributed by atoms with Crippen LogP contribution >= 0.6 is 0 Å². The van der Waals surface area contributed by atoms with E-state index < -0.39 is 0 Å². The highest BCUT2D eigenvalue weighted by molar-refractivity contribution is 6.01. The number of hydrogen-bond donors (Lipinski definition) is 2. The molecule has 2 aromatic rings. The number of rotatable bonds is 7. The summed E-state index contributed by atoms with van der Waals surface area (Å²) < 4.78 is 1.85. The van der Waals surface area contributed by atoms with E-state index in [2.05, 4.69) is 28.7 Å². The first kappa shape index (κ1) is 16.2. The number of carbonyl (C=O) groups is 2. The standard InChI is InChI=1S/C17H21N5O2/c1-13(18-8-4-10-21-16(23)12-19-17(21)24)14-6-2-3-7-15(14)22-11-5-9-20-22/h2-3,5-7,9,11,13,18H,4,8,10,12H2,1H3,(H,19,24). The summed E-state index contributed by atoms with van der Waals surface area (Å²) in [5.74, 6) is -0.155. The van der Waals surface area contributed by atoms with Crippen molar-refractivity contribution in [1.29, 1.82) is 0 Å². The van der Waals surface area contributed by atoms with Crippen LogP contribution in [0.2, 0.25) is 0 Å². The number of hydrogen-bond acceptors (Lipinski definition) is 4. The smallest absolute Gasteiger partial charge is 0.324 e. The number of carbonyl (C=O) groups excluding carboxylic acids is 2. The number of urea groups is 1. The molecule has 3 rings (SSSR count). The minimum atomic E-state index is -0.294. The van der Waals surface area contributed by atoms with Crippen LogP contribution in [-0.2, 0) is 4.79 Å². The van der Waals surface area contributed by atoms with Crippen LogP contribution in [0.4, 0.5) is 4.79 Å². The number of para-hydroxylation sites is 1. The van der Waals surface area contributed by atoms with Gasteiger partial charge >= 0.3 is 6.03 Å². The summed E-state index contributed by atoms with van der Waals surface area (Å²) in [6.07, 6.45) is 4.39. The molecule has 1 unspecified atom stereocenters. The molecule has 7 nitrogen and oxygen atoms in total. The number of benzene rings is 1. The van der Waals surface area contributed by atoms with Crippen LogP contribution in [-0.4, -0.2) is 46.3 Å². The van der Waals surface area contributed by atoms with Gasteiger partial charge in [-0.15, -0.1) is 0 Å². The van der Waals surface area contributed by atoms with Crippen LogP contribution in [0.3, 0.4) is 0 Å². The van der Waals surface area contributed by atoms with Gasteiger partial charge in [0.25, 0.3) is 0 Å². The van der Waals surface area contributed by atoms with Gasteiger partial charge < -0.3 is 10.6 Å². The third-order valence-corrected chi connectivity index (χ3v) is 4.10. The molecule has 126 valence electrons. The number of nitrogens with one attached hydrogen (secondary N) is 2. The molecule has 0 spiro atoms. The highest BCUT2D eigenvalue weighted by Crippen LogP contribution is 2.20. The molecule has 1 aliphatic heterocycles. The second-order valence-corrected chi connectivity index (χ2v) is 5.74. The maximum Gasteiger partial charge on any atom is 0.324 e. The van der Waals surface area contributed by atoms with Gasteiger partial charge in [-0.1, -0.05) is 18.2 Å². The van der Waals surface area contributed by atoms with Gasteiger partial charge in [0, 0.05) is 25.0 Å². The van der Waals surface area contributed by atoms with E-state index in [1.54, 1.807) is 6.20 Å². The van der Waals surface area contributed by atoms with Crippen LogP contribution in [0.1, 0.15) is 24.9 Å². The second kappa shape index (κ2) is 7.27. The van der Waals surface area contributed by atoms with Gasteiger partial charge in [-0.2, -0.15) is 5.10 Å². The molecular weight excluding hydrogens is 306 g/mol. The molecule has 2 N–H and O–H groups in total. The molecule has 24 heavy (non-hydrogen) atoms. The third-order valence-electron chi connectivity index (χ3n) is 4.10. The van der Waals surface area contributed by atoms with Crippen LogP contribution in [0, 0.1) is 0 Å². The molecular formula is C17H21N5O2. The van der Waals surface area contributed by atoms with Gasteiger partial charge in [-0.25, -0.2) is 9.48 Å². The maximum atomic E-state index is 11.5. The first-order valence-corrected chi connectivity index (χ1v) is 8.07. The van der Waals surface area contributed by atoms with Gasteiger partial charge in [0.1, 0.15) is 0 Å². The number of amides is 3. The van der Waals surface area contributed by atoms with Crippen LogP contribution in [0.5, 0.6) is 0 Å². The molecule has 1 aromatic heterocycles. The van der Waals surface area contributed by atoms with Crippen molar-refractivity contribution in [3.63, 3.8) is 0 Å². The average Bonchev–Trinajstić information content (AvgIpc) is 3.23. The molecule has 2 heterocycles. The summed E-state index contributed by atoms with van der Waals surface area (Å²) in [7, 11) is 0. The van der Waals surface area contributed by atoms with Gasteiger partial charge in [0.15, 0.2) is 0 Å². The first-order chi connectivity index (χ1) is 11.7. The minimum absolute atomic E-state index is 0.111. The summed E-state index contributed by atoms with van der Waals surface area (Å²) in [5.41, 5.74) is 2.19. The zero-order valence-corrected chi connectivity index (χ0v) is 13.6. The van der Waals surface area contributed by atoms with Crippen LogP contribution < -0.4 is 10.6 Å². The third kappa shape index (κ3) is 3.46. The van der Waals surface area contributed by atoms with E-state index in [1.165, 1.54) is 4.90 Å². The Morgan fingerprint density at radius 1 is 1.29 bits per heavy atom. The SMILES string of the molecule is CC(NCCCN1C(=O)CNC1=O)c1ccccc1-n1cccn1. The van der Waals surface area contributed by atoms with Crippen molar-refractivity contribution in [3.8, 4) is 5.69 Å². The predicted octanol–water partition coefficient (Wildman–Crippen LogP) is 1.46. The molecule has 1 aromatic carbocycles. The Hall–Kier alpha value is -2.67. The highest BCUT2D eigenvalue weighted by atomic mass is 16.2. The van der Waals surface area contributed by atoms with Gasteiger partial charge in [0.2, 0.25) is 5.91 Å². The Kier molecular flexibility index (Phi) is 4.90. The maximum absolute atomic E-state index is 11.5. The minimum Gasteiger partial charge on any atom is -0.329 e. The molecule has 0 bridgehead atoms. The van der Waals surface area contributed by atoms with Crippen molar-refractivity contribution in [3.05, 3.63) is 48.3 Å². The van der Waals surface area contributed by atoms with Gasteiger partial charge in [0.05, 0.1) is 12.2 Å². The molecule has 0 saturated carbocycles. The Morgan fingerprint density at radius 2 is 2.12 bits per heavy atom. The monoisotopic (exact) mass is 327 g/mol. The van der Waals surface area contributed by atoms with E-state index in [4.69, 9.17) is 0 Å². The molecule has 1 fully saturated rings. The highest BCUT2D eigenvalue weighted by Gasteiger charge is 2.27. The molecule has 1 saturated heterocycles. The Bertz CT molecular complexity index is 698. The van der Waals surface area contributed by atoms with E-state index in [1.807, 2.05) is 35.1 Å². The lowest BCUT2D eigenvalue weighted by atomic mass is 10.1. The Morgan fingerprint density at radius 3 is 2.83 bits per heavy atom. The van der Waals surface area contributed by atoms with E-state index in [0.29, 0.717) is 19.5 Å². The fraction of sp³-hybridized carbons (Fsp3) is 0.353. The normalized spacial score (nSPS) is 15.6. The van der Waals surface area contributed by atoms with Crippen LogP contribution in [0.15, 0.2) is 42.7 Å². The van der Waals surface area contributed by atoms with Crippen molar-refractivity contribution in [2.45, 2.75) is 19.4 Å². The zero-order valence-electron chi connectivity index (χ0n) is 13.6. The summed E-state index contributed by atoms with van der Waals surface area (Å²) in [6, 6.07) is 9.84. The van der Waals surface area contributed by atoms with Crippen LogP contribution in [0.25, 0.3) is 5.69 Å². The summed E-state index contributed by atoms with van der Waals surface area (Å²) in [4.78, 5) is 24.3. The largest absolute Gasteiger partial charge is 0.329 e. The molecule has 0 radical (unpaired) electrons. The van der Waals surface area contributed by atoms with E-state index in [-0.39, 0.29) is 24.5 Å². The van der Waals surface area contributed by atoms with E-state index >= 15 is 0 Å². The van der Waals surface area contributed by atoms with Crippen molar-refractivity contribution < 1.29 is 9.59 Å². The Labute approximate surface area is 140 Å². The molecule has 7 heteroatoms. The quantitative estimate of drug-likeness (QED) is 0.596. The van der Waals surface area contributed by atoms with Crippen molar-refractivity contribution in [2.75, 3.05) is 19.6 Å². The van der Waals surface area contributed by atoms with E-state index in [0.717, 1.165) is 11.3 Å². The number of nitrogens with zero attached hydrogens (tertiary/aromatic N) is 3. The van der Waals surface area contributed by atoms with Gasteiger partial charge in [-0.3, -0.25) is 9.69 Å². The topological polar surface area (TPSA) is 79.3 Å². The zero-order chi connectivity index (χ0) is 16.9. The lowest BCUT2D eigenvalue weighted by Crippen LogP contribution is -2.33. The fourth-order valence-corrected chi connectivity index (χ4v) is 2.82. The van der Waals surface area contributed by atoms with E-state index in [9.17, 15) is 9.59 Å². The fourth-order valence-electron chi connectivity index (χ4n) is 2.82. The summed E-state index contributed by atoms with van der Waals surface area (Å²) in [6.45, 7) is 3.35. The average molecular weight is 327 g/mol. The summed E-state index contributed by atoms with van der Waals surface area (Å²) >= 11 is 0. The molecule has 1 atom stereocenters. The molecule has 0 aliphatic carbocycles.